The van der Waals surface area contributed by atoms with E-state index in [4.69, 9.17) is 11.6 Å². The Balaban J connectivity index is 1.62. The first kappa shape index (κ1) is 17.7. The first-order valence-corrected chi connectivity index (χ1v) is 9.09. The van der Waals surface area contributed by atoms with Crippen LogP contribution in [-0.2, 0) is 6.42 Å². The van der Waals surface area contributed by atoms with Gasteiger partial charge in [0.25, 0.3) is 5.91 Å². The van der Waals surface area contributed by atoms with E-state index in [1.807, 2.05) is 36.0 Å². The lowest BCUT2D eigenvalue weighted by Gasteiger charge is -2.32. The fourth-order valence-corrected chi connectivity index (χ4v) is 3.51. The summed E-state index contributed by atoms with van der Waals surface area (Å²) in [5.74, 6) is 1.39. The van der Waals surface area contributed by atoms with Gasteiger partial charge in [0.1, 0.15) is 11.0 Å². The van der Waals surface area contributed by atoms with Gasteiger partial charge in [-0.05, 0) is 42.9 Å². The Morgan fingerprint density at radius 1 is 1.20 bits per heavy atom. The molecule has 0 bridgehead atoms. The molecule has 25 heavy (non-hydrogen) atoms. The van der Waals surface area contributed by atoms with E-state index in [0.717, 1.165) is 32.4 Å². The largest absolute Gasteiger partial charge is 0.363 e. The van der Waals surface area contributed by atoms with Crippen molar-refractivity contribution in [3.05, 3.63) is 58.7 Å². The van der Waals surface area contributed by atoms with Crippen molar-refractivity contribution in [3.63, 3.8) is 0 Å². The van der Waals surface area contributed by atoms with E-state index >= 15 is 0 Å². The number of hydrogen-bond donors (Lipinski definition) is 0. The predicted octanol–water partition coefficient (Wildman–Crippen LogP) is 3.90. The highest BCUT2D eigenvalue weighted by Crippen LogP contribution is 2.24. The van der Waals surface area contributed by atoms with Crippen LogP contribution in [0.4, 0.5) is 5.82 Å². The van der Waals surface area contributed by atoms with Crippen molar-refractivity contribution in [1.82, 2.24) is 9.88 Å². The molecule has 1 amide bonds. The van der Waals surface area contributed by atoms with Crippen LogP contribution in [0.3, 0.4) is 0 Å². The number of amides is 1. The van der Waals surface area contributed by atoms with Crippen molar-refractivity contribution in [2.45, 2.75) is 19.3 Å². The molecule has 5 heteroatoms. The van der Waals surface area contributed by atoms with E-state index in [2.05, 4.69) is 29.2 Å². The lowest BCUT2D eigenvalue weighted by molar-refractivity contribution is 0.0690. The van der Waals surface area contributed by atoms with Gasteiger partial charge in [-0.25, -0.2) is 4.98 Å². The van der Waals surface area contributed by atoms with E-state index in [0.29, 0.717) is 22.5 Å². The number of carbonyl (C=O) groups excluding carboxylic acids is 1. The number of nitrogens with zero attached hydrogens (tertiary/aromatic N) is 3. The molecule has 2 aromatic rings. The average molecular weight is 358 g/mol. The van der Waals surface area contributed by atoms with Crippen LogP contribution < -0.4 is 4.90 Å². The van der Waals surface area contributed by atoms with Crippen molar-refractivity contribution >= 4 is 23.3 Å². The van der Waals surface area contributed by atoms with Crippen LogP contribution in [0.1, 0.15) is 28.8 Å². The molecule has 1 fully saturated rings. The van der Waals surface area contributed by atoms with Crippen molar-refractivity contribution < 1.29 is 4.79 Å². The Morgan fingerprint density at radius 3 is 2.52 bits per heavy atom. The number of carbonyl (C=O) groups is 1. The highest BCUT2D eigenvalue weighted by atomic mass is 35.5. The van der Waals surface area contributed by atoms with Crippen molar-refractivity contribution in [2.24, 2.45) is 5.92 Å². The number of hydrogen-bond acceptors (Lipinski definition) is 3. The number of aromatic nitrogens is 1. The average Bonchev–Trinajstić information content (AvgIpc) is 2.62. The van der Waals surface area contributed by atoms with Gasteiger partial charge in [-0.15, -0.1) is 0 Å². The third-order valence-corrected chi connectivity index (χ3v) is 4.95. The molecule has 0 aliphatic carbocycles. The van der Waals surface area contributed by atoms with E-state index in [9.17, 15) is 4.79 Å². The molecule has 1 aliphatic heterocycles. The van der Waals surface area contributed by atoms with Gasteiger partial charge in [0.2, 0.25) is 0 Å². The summed E-state index contributed by atoms with van der Waals surface area (Å²) in [6, 6.07) is 14.1. The molecule has 2 heterocycles. The highest BCUT2D eigenvalue weighted by molar-refractivity contribution is 6.29. The molecular weight excluding hydrogens is 334 g/mol. The van der Waals surface area contributed by atoms with Gasteiger partial charge >= 0.3 is 0 Å². The second kappa shape index (κ2) is 7.87. The van der Waals surface area contributed by atoms with Gasteiger partial charge in [0.15, 0.2) is 0 Å². The Kier molecular flexibility index (Phi) is 5.59. The molecule has 0 atom stereocenters. The van der Waals surface area contributed by atoms with E-state index in [1.54, 1.807) is 6.07 Å². The molecule has 0 unspecified atom stereocenters. The zero-order valence-corrected chi connectivity index (χ0v) is 15.5. The van der Waals surface area contributed by atoms with Crippen molar-refractivity contribution in [3.8, 4) is 0 Å². The predicted molar refractivity (Wildman–Crippen MR) is 102 cm³/mol. The normalized spacial score (nSPS) is 15.2. The van der Waals surface area contributed by atoms with Crippen LogP contribution in [0, 0.1) is 5.92 Å². The molecular formula is C20H24ClN3O. The van der Waals surface area contributed by atoms with E-state index < -0.39 is 0 Å². The van der Waals surface area contributed by atoms with Gasteiger partial charge < -0.3 is 9.80 Å². The van der Waals surface area contributed by atoms with Gasteiger partial charge in [-0.2, -0.15) is 0 Å². The van der Waals surface area contributed by atoms with Gasteiger partial charge in [0.05, 0.1) is 0 Å². The summed E-state index contributed by atoms with van der Waals surface area (Å²) in [6.07, 6.45) is 3.18. The van der Waals surface area contributed by atoms with Crippen LogP contribution in [0.15, 0.2) is 42.5 Å². The SMILES string of the molecule is CN(C)c1cc(C(=O)N2CCC(Cc3ccccc3)CC2)cc(Cl)n1. The maximum atomic E-state index is 12.8. The quantitative estimate of drug-likeness (QED) is 0.779. The smallest absolute Gasteiger partial charge is 0.254 e. The molecule has 4 nitrogen and oxygen atoms in total. The van der Waals surface area contributed by atoms with Crippen molar-refractivity contribution in [1.29, 1.82) is 0 Å². The zero-order chi connectivity index (χ0) is 17.8. The Hall–Kier alpha value is -2.07. The summed E-state index contributed by atoms with van der Waals surface area (Å²) < 4.78 is 0. The molecule has 0 spiro atoms. The minimum absolute atomic E-state index is 0.0468. The zero-order valence-electron chi connectivity index (χ0n) is 14.8. The highest BCUT2D eigenvalue weighted by Gasteiger charge is 2.24. The maximum Gasteiger partial charge on any atom is 0.254 e. The van der Waals surface area contributed by atoms with Crippen LogP contribution in [0.5, 0.6) is 0 Å². The third kappa shape index (κ3) is 4.51. The molecule has 3 rings (SSSR count). The molecule has 0 radical (unpaired) electrons. The minimum Gasteiger partial charge on any atom is -0.363 e. The standard InChI is InChI=1S/C20H24ClN3O/c1-23(2)19-14-17(13-18(21)22-19)20(25)24-10-8-16(9-11-24)12-15-6-4-3-5-7-15/h3-7,13-14,16H,8-12H2,1-2H3. The lowest BCUT2D eigenvalue weighted by atomic mass is 9.90. The molecule has 0 saturated carbocycles. The summed E-state index contributed by atoms with van der Waals surface area (Å²) in [5.41, 5.74) is 1.99. The van der Waals surface area contributed by atoms with Crippen LogP contribution in [0.25, 0.3) is 0 Å². The minimum atomic E-state index is 0.0468. The number of anilines is 1. The Morgan fingerprint density at radius 2 is 1.88 bits per heavy atom. The summed E-state index contributed by atoms with van der Waals surface area (Å²) >= 11 is 6.08. The second-order valence-electron chi connectivity index (χ2n) is 6.86. The van der Waals surface area contributed by atoms with Gasteiger partial charge in [-0.3, -0.25) is 4.79 Å². The summed E-state index contributed by atoms with van der Waals surface area (Å²) in [7, 11) is 3.78. The van der Waals surface area contributed by atoms with Crippen molar-refractivity contribution in [2.75, 3.05) is 32.1 Å². The second-order valence-corrected chi connectivity index (χ2v) is 7.24. The number of piperidine rings is 1. The van der Waals surface area contributed by atoms with Crippen LogP contribution in [-0.4, -0.2) is 43.0 Å². The summed E-state index contributed by atoms with van der Waals surface area (Å²) in [4.78, 5) is 20.8. The molecule has 1 aromatic carbocycles. The monoisotopic (exact) mass is 357 g/mol. The maximum absolute atomic E-state index is 12.8. The van der Waals surface area contributed by atoms with E-state index in [1.165, 1.54) is 5.56 Å². The number of benzene rings is 1. The summed E-state index contributed by atoms with van der Waals surface area (Å²) in [6.45, 7) is 1.60. The third-order valence-electron chi connectivity index (χ3n) is 4.75. The van der Waals surface area contributed by atoms with Crippen LogP contribution in [0.2, 0.25) is 5.15 Å². The molecule has 0 N–H and O–H groups in total. The van der Waals surface area contributed by atoms with Crippen LogP contribution >= 0.6 is 11.6 Å². The topological polar surface area (TPSA) is 36.4 Å². The first-order chi connectivity index (χ1) is 12.0. The Labute approximate surface area is 154 Å². The molecule has 1 aromatic heterocycles. The fraction of sp³-hybridized carbons (Fsp3) is 0.400. The number of likely N-dealkylation sites (tertiary alicyclic amines) is 1. The number of rotatable bonds is 4. The number of pyridine rings is 1. The molecule has 1 aliphatic rings. The fourth-order valence-electron chi connectivity index (χ4n) is 3.31. The van der Waals surface area contributed by atoms with E-state index in [-0.39, 0.29) is 5.91 Å². The molecule has 1 saturated heterocycles. The first-order valence-electron chi connectivity index (χ1n) is 8.71. The van der Waals surface area contributed by atoms with Gasteiger partial charge in [0, 0.05) is 32.7 Å². The molecule has 132 valence electrons. The van der Waals surface area contributed by atoms with Gasteiger partial charge in [-0.1, -0.05) is 41.9 Å². The summed E-state index contributed by atoms with van der Waals surface area (Å²) in [5, 5.41) is 0.355. The number of halogens is 1. The Bertz CT molecular complexity index is 725. The lowest BCUT2D eigenvalue weighted by Crippen LogP contribution is -2.39.